The lowest BCUT2D eigenvalue weighted by Gasteiger charge is -2.48. The molecule has 33 heavy (non-hydrogen) atoms. The predicted molar refractivity (Wildman–Crippen MR) is 109 cm³/mol. The molecule has 4 N–H and O–H groups in total. The summed E-state index contributed by atoms with van der Waals surface area (Å²) < 4.78 is 0. The van der Waals surface area contributed by atoms with Crippen LogP contribution >= 0.6 is 0 Å². The number of phenolic OH excluding ortho intramolecular Hbond substituents is 1. The van der Waals surface area contributed by atoms with Crippen LogP contribution in [-0.2, 0) is 25.6 Å². The topological polar surface area (TPSA) is 198 Å². The smallest absolute Gasteiger partial charge is 0.313 e. The Labute approximate surface area is 186 Å². The molecule has 2 saturated carbocycles. The molecule has 2 unspecified atom stereocenters. The zero-order chi connectivity index (χ0) is 24.6. The first kappa shape index (κ1) is 22.5. The van der Waals surface area contributed by atoms with Gasteiger partial charge in [-0.05, 0) is 24.3 Å². The first-order chi connectivity index (χ1) is 15.3. The molecule has 0 bridgehead atoms. The number of fused-ring (bicyclic) bond motifs is 3. The number of anilines is 1. The average Bonchev–Trinajstić information content (AvgIpc) is 2.70. The van der Waals surface area contributed by atoms with Crippen LogP contribution in [0.5, 0.6) is 5.75 Å². The van der Waals surface area contributed by atoms with E-state index >= 15 is 0 Å². The van der Waals surface area contributed by atoms with Gasteiger partial charge in [0.25, 0.3) is 0 Å². The highest BCUT2D eigenvalue weighted by molar-refractivity contribution is 6.31. The summed E-state index contributed by atoms with van der Waals surface area (Å²) in [5.74, 6) is -11.9. The van der Waals surface area contributed by atoms with Gasteiger partial charge in [0.1, 0.15) is 0 Å². The van der Waals surface area contributed by atoms with E-state index in [0.29, 0.717) is 11.3 Å². The number of ketones is 4. The van der Waals surface area contributed by atoms with Gasteiger partial charge in [-0.15, -0.1) is 0 Å². The molecule has 0 heterocycles. The number of phenols is 1. The summed E-state index contributed by atoms with van der Waals surface area (Å²) in [6, 6.07) is 1.13. The third-order valence-electron chi connectivity index (χ3n) is 7.04. The molecule has 12 nitrogen and oxygen atoms in total. The number of hydrogen-bond donors (Lipinski definition) is 3. The number of hydrogen-bond acceptors (Lipinski definition) is 10. The van der Waals surface area contributed by atoms with Crippen molar-refractivity contribution in [3.05, 3.63) is 27.3 Å². The van der Waals surface area contributed by atoms with Gasteiger partial charge < -0.3 is 20.8 Å². The first-order valence-electron chi connectivity index (χ1n) is 10.2. The normalized spacial score (nSPS) is 30.9. The van der Waals surface area contributed by atoms with Gasteiger partial charge in [-0.2, -0.15) is 0 Å². The molecule has 3 aliphatic carbocycles. The molecule has 1 aromatic carbocycles. The van der Waals surface area contributed by atoms with Gasteiger partial charge in [0.2, 0.25) is 11.7 Å². The molecular weight excluding hydrogens is 438 g/mol. The summed E-state index contributed by atoms with van der Waals surface area (Å²) in [7, 11) is 3.19. The van der Waals surface area contributed by atoms with Crippen molar-refractivity contribution in [2.75, 3.05) is 19.0 Å². The van der Waals surface area contributed by atoms with Crippen LogP contribution in [-0.4, -0.2) is 63.9 Å². The second kappa shape index (κ2) is 7.17. The summed E-state index contributed by atoms with van der Waals surface area (Å²) in [5, 5.41) is 33.1. The van der Waals surface area contributed by atoms with Crippen molar-refractivity contribution in [3.63, 3.8) is 0 Å². The van der Waals surface area contributed by atoms with Crippen molar-refractivity contribution in [1.82, 2.24) is 0 Å². The monoisotopic (exact) mass is 459 g/mol. The summed E-state index contributed by atoms with van der Waals surface area (Å²) in [6.07, 6.45) is -0.436. The molecule has 0 aliphatic heterocycles. The highest BCUT2D eigenvalue weighted by Gasteiger charge is 2.66. The molecule has 4 rings (SSSR count). The second-order valence-electron chi connectivity index (χ2n) is 9.01. The lowest BCUT2D eigenvalue weighted by atomic mass is 9.53. The minimum Gasteiger partial charge on any atom is -0.502 e. The first-order valence-corrected chi connectivity index (χ1v) is 10.2. The second-order valence-corrected chi connectivity index (χ2v) is 9.01. The van der Waals surface area contributed by atoms with Crippen molar-refractivity contribution >= 4 is 40.4 Å². The van der Waals surface area contributed by atoms with Crippen molar-refractivity contribution in [2.24, 2.45) is 29.4 Å². The minimum atomic E-state index is -2.76. The van der Waals surface area contributed by atoms with Crippen LogP contribution in [0.2, 0.25) is 0 Å². The number of nitrogens with two attached hydrogens (primary N) is 1. The molecule has 174 valence electrons. The largest absolute Gasteiger partial charge is 0.502 e. The molecule has 0 spiro atoms. The van der Waals surface area contributed by atoms with Crippen LogP contribution in [0.1, 0.15) is 28.8 Å². The number of benzene rings is 1. The number of aliphatic hydroxyl groups is 1. The zero-order valence-corrected chi connectivity index (χ0v) is 17.7. The summed E-state index contributed by atoms with van der Waals surface area (Å²) in [5.41, 5.74) is 1.85. The van der Waals surface area contributed by atoms with Gasteiger partial charge in [-0.1, -0.05) is 0 Å². The molecule has 0 radical (unpaired) electrons. The molecule has 0 aromatic heterocycles. The van der Waals surface area contributed by atoms with Crippen LogP contribution in [0, 0.1) is 33.8 Å². The third kappa shape index (κ3) is 2.90. The van der Waals surface area contributed by atoms with Gasteiger partial charge in [0.05, 0.1) is 16.4 Å². The molecule has 0 saturated heterocycles. The van der Waals surface area contributed by atoms with Gasteiger partial charge in [0, 0.05) is 38.2 Å². The highest BCUT2D eigenvalue weighted by Crippen LogP contribution is 2.52. The van der Waals surface area contributed by atoms with Crippen molar-refractivity contribution < 1.29 is 39.1 Å². The molecular formula is C21H21N3O9. The van der Waals surface area contributed by atoms with E-state index in [1.807, 2.05) is 0 Å². The minimum absolute atomic E-state index is 0.0464. The van der Waals surface area contributed by atoms with Crippen LogP contribution in [0.15, 0.2) is 6.07 Å². The number of amides is 1. The Hall–Kier alpha value is -3.67. The number of aromatic hydroxyl groups is 1. The standard InChI is InChI=1S/C21H21N3O9/c1-23(2)10-6-11(24(32)33)16(26)14-9(10)4-7-3-8-5-12(25)15(20(22)30)19(29)21(8,31)18(28)13(7)17(14)27/h6-8,13,15,26,31H,3-5H2,1-2H3,(H2,22,30)/t7-,8+,13?,15?,21+/m1/s1. The summed E-state index contributed by atoms with van der Waals surface area (Å²) in [6.45, 7) is 0. The number of rotatable bonds is 3. The summed E-state index contributed by atoms with van der Waals surface area (Å²) in [4.78, 5) is 75.8. The molecule has 1 aromatic rings. The van der Waals surface area contributed by atoms with E-state index in [1.165, 1.54) is 4.90 Å². The Balaban J connectivity index is 1.88. The maximum Gasteiger partial charge on any atom is 0.313 e. The fourth-order valence-corrected chi connectivity index (χ4v) is 5.54. The van der Waals surface area contributed by atoms with Crippen LogP contribution in [0.25, 0.3) is 0 Å². The summed E-state index contributed by atoms with van der Waals surface area (Å²) >= 11 is 0. The van der Waals surface area contributed by atoms with Gasteiger partial charge in [0.15, 0.2) is 34.7 Å². The number of Topliss-reactive ketones (excluding diaryl/α,β-unsaturated/α-hetero) is 4. The lowest BCUT2D eigenvalue weighted by Crippen LogP contribution is -2.68. The van der Waals surface area contributed by atoms with E-state index in [0.717, 1.165) is 6.07 Å². The van der Waals surface area contributed by atoms with Crippen LogP contribution < -0.4 is 10.6 Å². The highest BCUT2D eigenvalue weighted by atomic mass is 16.6. The van der Waals surface area contributed by atoms with Crippen LogP contribution in [0.3, 0.4) is 0 Å². The number of primary amides is 1. The quantitative estimate of drug-likeness (QED) is 0.295. The number of nitro groups is 1. The Morgan fingerprint density at radius 3 is 2.39 bits per heavy atom. The Bertz CT molecular complexity index is 1170. The average molecular weight is 459 g/mol. The SMILES string of the molecule is CN(C)c1cc([N+](=O)[O-])c(O)c2c1C[C@H]1C[C@H]3CC(=O)C(C(N)=O)C(=O)[C@@]3(O)C(=O)C1C2=O. The Morgan fingerprint density at radius 1 is 1.21 bits per heavy atom. The third-order valence-corrected chi connectivity index (χ3v) is 7.04. The molecule has 2 fully saturated rings. The predicted octanol–water partition coefficient (Wildman–Crippen LogP) is -0.699. The molecule has 5 atom stereocenters. The molecule has 1 amide bonds. The van der Waals surface area contributed by atoms with Gasteiger partial charge in [-0.25, -0.2) is 0 Å². The Morgan fingerprint density at radius 2 is 1.85 bits per heavy atom. The van der Waals surface area contributed by atoms with Crippen molar-refractivity contribution in [1.29, 1.82) is 0 Å². The number of nitrogens with zero attached hydrogens (tertiary/aromatic N) is 2. The number of nitro benzene ring substituents is 1. The number of carbonyl (C=O) groups is 5. The van der Waals surface area contributed by atoms with E-state index < -0.39 is 86.7 Å². The van der Waals surface area contributed by atoms with Crippen molar-refractivity contribution in [2.45, 2.75) is 24.9 Å². The Kier molecular flexibility index (Phi) is 4.89. The van der Waals surface area contributed by atoms with Crippen molar-refractivity contribution in [3.8, 4) is 5.75 Å². The van der Waals surface area contributed by atoms with Gasteiger partial charge in [-0.3, -0.25) is 34.1 Å². The van der Waals surface area contributed by atoms with E-state index in [2.05, 4.69) is 0 Å². The molecule has 12 heteroatoms. The fourth-order valence-electron chi connectivity index (χ4n) is 5.54. The number of carbonyl (C=O) groups excluding carboxylic acids is 5. The van der Waals surface area contributed by atoms with E-state index in [4.69, 9.17) is 5.73 Å². The fraction of sp³-hybridized carbons (Fsp3) is 0.476. The van der Waals surface area contributed by atoms with Gasteiger partial charge >= 0.3 is 5.69 Å². The maximum atomic E-state index is 13.4. The molecule has 3 aliphatic rings. The lowest BCUT2D eigenvalue weighted by molar-refractivity contribution is -0.385. The van der Waals surface area contributed by atoms with Crippen LogP contribution in [0.4, 0.5) is 11.4 Å². The van der Waals surface area contributed by atoms with E-state index in [9.17, 15) is 44.3 Å². The van der Waals surface area contributed by atoms with E-state index in [-0.39, 0.29) is 12.8 Å². The van der Waals surface area contributed by atoms with E-state index in [1.54, 1.807) is 14.1 Å². The maximum absolute atomic E-state index is 13.4. The zero-order valence-electron chi connectivity index (χ0n) is 17.7.